The second-order valence-corrected chi connectivity index (χ2v) is 4.51. The fourth-order valence-electron chi connectivity index (χ4n) is 2.33. The van der Waals surface area contributed by atoms with Gasteiger partial charge < -0.3 is 16.0 Å². The number of carbonyl (C=O) groups is 1. The summed E-state index contributed by atoms with van der Waals surface area (Å²) in [6.07, 6.45) is 2.55. The Labute approximate surface area is 84.8 Å². The summed E-state index contributed by atoms with van der Waals surface area (Å²) in [5, 5.41) is 3.36. The van der Waals surface area contributed by atoms with Gasteiger partial charge in [0.1, 0.15) is 0 Å². The van der Waals surface area contributed by atoms with E-state index in [4.69, 9.17) is 5.73 Å². The topological polar surface area (TPSA) is 58.4 Å². The van der Waals surface area contributed by atoms with Crippen LogP contribution >= 0.6 is 0 Å². The quantitative estimate of drug-likeness (QED) is 0.635. The van der Waals surface area contributed by atoms with Crippen molar-refractivity contribution in [1.29, 1.82) is 0 Å². The summed E-state index contributed by atoms with van der Waals surface area (Å²) >= 11 is 0. The molecule has 2 heterocycles. The van der Waals surface area contributed by atoms with E-state index in [-0.39, 0.29) is 11.8 Å². The highest BCUT2D eigenvalue weighted by Crippen LogP contribution is 2.20. The third kappa shape index (κ3) is 2.25. The van der Waals surface area contributed by atoms with Crippen molar-refractivity contribution in [2.24, 2.45) is 17.6 Å². The monoisotopic (exact) mass is 197 g/mol. The Balaban J connectivity index is 1.65. The van der Waals surface area contributed by atoms with Crippen molar-refractivity contribution in [3.63, 3.8) is 0 Å². The largest absolute Gasteiger partial charge is 0.369 e. The number of amides is 1. The molecule has 1 amide bonds. The van der Waals surface area contributed by atoms with Gasteiger partial charge in [0.25, 0.3) is 0 Å². The lowest BCUT2D eigenvalue weighted by atomic mass is 9.93. The number of likely N-dealkylation sites (tertiary alicyclic amines) is 1. The fourth-order valence-corrected chi connectivity index (χ4v) is 2.33. The van der Waals surface area contributed by atoms with E-state index in [1.54, 1.807) is 0 Å². The lowest BCUT2D eigenvalue weighted by Gasteiger charge is -2.40. The molecule has 80 valence electrons. The predicted octanol–water partition coefficient (Wildman–Crippen LogP) is -0.597. The number of rotatable bonds is 3. The van der Waals surface area contributed by atoms with Crippen LogP contribution in [0.4, 0.5) is 0 Å². The van der Waals surface area contributed by atoms with Gasteiger partial charge in [0.15, 0.2) is 0 Å². The van der Waals surface area contributed by atoms with E-state index in [0.29, 0.717) is 0 Å². The lowest BCUT2D eigenvalue weighted by molar-refractivity contribution is -0.127. The predicted molar refractivity (Wildman–Crippen MR) is 54.7 cm³/mol. The van der Waals surface area contributed by atoms with Gasteiger partial charge in [0.05, 0.1) is 5.92 Å². The summed E-state index contributed by atoms with van der Waals surface area (Å²) in [4.78, 5) is 13.2. The molecular weight excluding hydrogens is 178 g/mol. The molecule has 2 aliphatic heterocycles. The maximum atomic E-state index is 10.8. The Bertz CT molecular complexity index is 207. The number of nitrogens with zero attached hydrogens (tertiary/aromatic N) is 1. The Morgan fingerprint density at radius 3 is 2.57 bits per heavy atom. The van der Waals surface area contributed by atoms with E-state index < -0.39 is 0 Å². The summed E-state index contributed by atoms with van der Waals surface area (Å²) in [6.45, 7) is 5.24. The molecule has 3 N–H and O–H groups in total. The first-order valence-corrected chi connectivity index (χ1v) is 5.48. The van der Waals surface area contributed by atoms with Crippen LogP contribution in [0.5, 0.6) is 0 Å². The Morgan fingerprint density at radius 1 is 1.36 bits per heavy atom. The zero-order valence-corrected chi connectivity index (χ0v) is 8.54. The van der Waals surface area contributed by atoms with Gasteiger partial charge in [-0.25, -0.2) is 0 Å². The molecule has 2 saturated heterocycles. The third-order valence-electron chi connectivity index (χ3n) is 3.33. The van der Waals surface area contributed by atoms with Crippen molar-refractivity contribution in [2.45, 2.75) is 12.8 Å². The van der Waals surface area contributed by atoms with Crippen LogP contribution in [0.15, 0.2) is 0 Å². The maximum Gasteiger partial charge on any atom is 0.223 e. The van der Waals surface area contributed by atoms with Crippen LogP contribution in [-0.4, -0.2) is 43.5 Å². The standard InChI is InChI=1S/C10H19N3O/c11-10(14)9-6-13(7-9)5-8-1-3-12-4-2-8/h8-9,12H,1-7H2,(H2,11,14). The van der Waals surface area contributed by atoms with Crippen LogP contribution in [0, 0.1) is 11.8 Å². The molecule has 4 heteroatoms. The number of nitrogens with one attached hydrogen (secondary N) is 1. The van der Waals surface area contributed by atoms with Crippen molar-refractivity contribution >= 4 is 5.91 Å². The van der Waals surface area contributed by atoms with Crippen LogP contribution in [0.3, 0.4) is 0 Å². The number of hydrogen-bond acceptors (Lipinski definition) is 3. The highest BCUT2D eigenvalue weighted by atomic mass is 16.1. The highest BCUT2D eigenvalue weighted by molar-refractivity contribution is 5.78. The molecule has 14 heavy (non-hydrogen) atoms. The molecule has 0 atom stereocenters. The van der Waals surface area contributed by atoms with Crippen LogP contribution in [0.2, 0.25) is 0 Å². The normalized spacial score (nSPS) is 26.0. The molecular formula is C10H19N3O. The molecule has 2 rings (SSSR count). The van der Waals surface area contributed by atoms with Gasteiger partial charge in [-0.15, -0.1) is 0 Å². The van der Waals surface area contributed by atoms with Gasteiger partial charge in [-0.1, -0.05) is 0 Å². The van der Waals surface area contributed by atoms with E-state index in [1.807, 2.05) is 0 Å². The van der Waals surface area contributed by atoms with Crippen LogP contribution in [0.25, 0.3) is 0 Å². The van der Waals surface area contributed by atoms with Gasteiger partial charge in [-0.3, -0.25) is 4.79 Å². The zero-order chi connectivity index (χ0) is 9.97. The van der Waals surface area contributed by atoms with Crippen LogP contribution in [-0.2, 0) is 4.79 Å². The number of primary amides is 1. The second kappa shape index (κ2) is 4.28. The third-order valence-corrected chi connectivity index (χ3v) is 3.33. The lowest BCUT2D eigenvalue weighted by Crippen LogP contribution is -2.54. The van der Waals surface area contributed by atoms with E-state index in [9.17, 15) is 4.79 Å². The smallest absolute Gasteiger partial charge is 0.223 e. The minimum atomic E-state index is -0.133. The summed E-state index contributed by atoms with van der Waals surface area (Å²) < 4.78 is 0. The fraction of sp³-hybridized carbons (Fsp3) is 0.900. The molecule has 0 radical (unpaired) electrons. The van der Waals surface area contributed by atoms with Gasteiger partial charge in [0, 0.05) is 19.6 Å². The van der Waals surface area contributed by atoms with Gasteiger partial charge in [0.2, 0.25) is 5.91 Å². The summed E-state index contributed by atoms with van der Waals surface area (Å²) in [5.74, 6) is 0.813. The van der Waals surface area contributed by atoms with Gasteiger partial charge >= 0.3 is 0 Å². The number of carbonyl (C=O) groups excluding carboxylic acids is 1. The summed E-state index contributed by atoms with van der Waals surface area (Å²) in [5.41, 5.74) is 5.22. The average Bonchev–Trinajstić information content (AvgIpc) is 2.12. The Hall–Kier alpha value is -0.610. The number of hydrogen-bond donors (Lipinski definition) is 2. The van der Waals surface area contributed by atoms with Crippen molar-refractivity contribution in [3.8, 4) is 0 Å². The van der Waals surface area contributed by atoms with Crippen molar-refractivity contribution in [1.82, 2.24) is 10.2 Å². The summed E-state index contributed by atoms with van der Waals surface area (Å²) in [6, 6.07) is 0. The number of nitrogens with two attached hydrogens (primary N) is 1. The minimum absolute atomic E-state index is 0.122. The molecule has 2 aliphatic rings. The molecule has 2 fully saturated rings. The Morgan fingerprint density at radius 2 is 2.00 bits per heavy atom. The zero-order valence-electron chi connectivity index (χ0n) is 8.54. The first-order chi connectivity index (χ1) is 6.75. The molecule has 0 aromatic heterocycles. The first kappa shape index (κ1) is 9.93. The van der Waals surface area contributed by atoms with Crippen molar-refractivity contribution in [2.75, 3.05) is 32.7 Å². The highest BCUT2D eigenvalue weighted by Gasteiger charge is 2.32. The van der Waals surface area contributed by atoms with Crippen molar-refractivity contribution < 1.29 is 4.79 Å². The van der Waals surface area contributed by atoms with E-state index in [1.165, 1.54) is 12.8 Å². The van der Waals surface area contributed by atoms with Crippen LogP contribution in [0.1, 0.15) is 12.8 Å². The van der Waals surface area contributed by atoms with Gasteiger partial charge in [-0.2, -0.15) is 0 Å². The van der Waals surface area contributed by atoms with E-state index in [2.05, 4.69) is 10.2 Å². The minimum Gasteiger partial charge on any atom is -0.369 e. The maximum absolute atomic E-state index is 10.8. The van der Waals surface area contributed by atoms with Gasteiger partial charge in [-0.05, 0) is 31.8 Å². The van der Waals surface area contributed by atoms with Crippen LogP contribution < -0.4 is 11.1 Å². The molecule has 0 spiro atoms. The molecule has 0 aliphatic carbocycles. The molecule has 0 bridgehead atoms. The molecule has 0 saturated carbocycles. The molecule has 0 unspecified atom stereocenters. The van der Waals surface area contributed by atoms with Crippen molar-refractivity contribution in [3.05, 3.63) is 0 Å². The number of piperidine rings is 1. The average molecular weight is 197 g/mol. The first-order valence-electron chi connectivity index (χ1n) is 5.48. The second-order valence-electron chi connectivity index (χ2n) is 4.51. The molecule has 0 aromatic carbocycles. The molecule has 0 aromatic rings. The van der Waals surface area contributed by atoms with E-state index in [0.717, 1.165) is 38.6 Å². The molecule has 4 nitrogen and oxygen atoms in total. The van der Waals surface area contributed by atoms with E-state index >= 15 is 0 Å². The SMILES string of the molecule is NC(=O)C1CN(CC2CCNCC2)C1. The summed E-state index contributed by atoms with van der Waals surface area (Å²) in [7, 11) is 0. The Kier molecular flexibility index (Phi) is 3.03.